The number of aliphatic imine (C=N–C) groups is 1. The van der Waals surface area contributed by atoms with E-state index < -0.39 is 15.6 Å². The first-order chi connectivity index (χ1) is 11.7. The fourth-order valence-corrected chi connectivity index (χ4v) is 4.86. The maximum atomic E-state index is 11.8. The van der Waals surface area contributed by atoms with E-state index in [1.54, 1.807) is 11.2 Å². The van der Waals surface area contributed by atoms with Gasteiger partial charge in [0.25, 0.3) is 0 Å². The summed E-state index contributed by atoms with van der Waals surface area (Å²) in [5.74, 6) is 0.583. The fraction of sp³-hybridized carbons (Fsp3) is 0.688. The van der Waals surface area contributed by atoms with Gasteiger partial charge in [-0.15, -0.1) is 11.3 Å². The molecule has 1 aromatic rings. The first-order valence-corrected chi connectivity index (χ1v) is 11.2. The van der Waals surface area contributed by atoms with E-state index in [9.17, 15) is 13.5 Å². The van der Waals surface area contributed by atoms with Crippen LogP contribution in [0.3, 0.4) is 0 Å². The second-order valence-electron chi connectivity index (χ2n) is 6.50. The summed E-state index contributed by atoms with van der Waals surface area (Å²) in [6, 6.07) is 3.74. The lowest BCUT2D eigenvalue weighted by Gasteiger charge is -2.24. The fourth-order valence-electron chi connectivity index (χ4n) is 2.90. The Kier molecular flexibility index (Phi) is 6.84. The van der Waals surface area contributed by atoms with Crippen LogP contribution in [0, 0.1) is 0 Å². The highest BCUT2D eigenvalue weighted by Crippen LogP contribution is 2.25. The average molecular weight is 389 g/mol. The Labute approximate surface area is 154 Å². The zero-order valence-corrected chi connectivity index (χ0v) is 16.7. The molecule has 2 heterocycles. The zero-order valence-electron chi connectivity index (χ0n) is 15.0. The minimum absolute atomic E-state index is 0.0586. The number of sulfonamides is 1. The number of rotatable bonds is 7. The van der Waals surface area contributed by atoms with Gasteiger partial charge in [0.1, 0.15) is 5.60 Å². The Morgan fingerprint density at radius 3 is 2.88 bits per heavy atom. The van der Waals surface area contributed by atoms with Crippen LogP contribution in [0.25, 0.3) is 0 Å². The van der Waals surface area contributed by atoms with Crippen molar-refractivity contribution in [2.45, 2.75) is 38.3 Å². The van der Waals surface area contributed by atoms with Crippen LogP contribution >= 0.6 is 11.3 Å². The summed E-state index contributed by atoms with van der Waals surface area (Å²) in [7, 11) is -3.18. The van der Waals surface area contributed by atoms with Gasteiger partial charge in [-0.25, -0.2) is 13.4 Å². The molecule has 142 valence electrons. The monoisotopic (exact) mass is 388 g/mol. The summed E-state index contributed by atoms with van der Waals surface area (Å²) in [5.41, 5.74) is -1.03. The Morgan fingerprint density at radius 1 is 1.52 bits per heavy atom. The molecule has 1 fully saturated rings. The molecular weight excluding hydrogens is 360 g/mol. The topological polar surface area (TPSA) is 94.0 Å². The van der Waals surface area contributed by atoms with Crippen molar-refractivity contribution in [1.29, 1.82) is 0 Å². The van der Waals surface area contributed by atoms with Crippen molar-refractivity contribution in [3.63, 3.8) is 0 Å². The quantitative estimate of drug-likeness (QED) is 0.477. The third-order valence-corrected chi connectivity index (χ3v) is 6.65. The van der Waals surface area contributed by atoms with E-state index in [0.29, 0.717) is 25.6 Å². The first-order valence-electron chi connectivity index (χ1n) is 8.49. The van der Waals surface area contributed by atoms with Crippen molar-refractivity contribution in [3.05, 3.63) is 22.4 Å². The maximum absolute atomic E-state index is 11.8. The molecule has 2 rings (SSSR count). The van der Waals surface area contributed by atoms with E-state index in [0.717, 1.165) is 17.7 Å². The van der Waals surface area contributed by atoms with Gasteiger partial charge < -0.3 is 15.7 Å². The van der Waals surface area contributed by atoms with E-state index in [1.165, 1.54) is 17.6 Å². The number of aliphatic hydroxyl groups is 1. The SMILES string of the molecule is CCNC(=NCC(C)(O)c1cccs1)NC[C@H]1CCCN1S(C)(=O)=O. The lowest BCUT2D eigenvalue weighted by molar-refractivity contribution is 0.0711. The minimum atomic E-state index is -3.18. The van der Waals surface area contributed by atoms with Crippen LogP contribution in [0.5, 0.6) is 0 Å². The molecule has 0 radical (unpaired) electrons. The molecule has 3 N–H and O–H groups in total. The predicted molar refractivity (Wildman–Crippen MR) is 102 cm³/mol. The third-order valence-electron chi connectivity index (χ3n) is 4.20. The molecule has 2 atom stereocenters. The van der Waals surface area contributed by atoms with Crippen LogP contribution in [0.15, 0.2) is 22.5 Å². The van der Waals surface area contributed by atoms with E-state index in [-0.39, 0.29) is 12.6 Å². The lowest BCUT2D eigenvalue weighted by Crippen LogP contribution is -2.46. The Morgan fingerprint density at radius 2 is 2.28 bits per heavy atom. The van der Waals surface area contributed by atoms with Gasteiger partial charge in [0.2, 0.25) is 10.0 Å². The third kappa shape index (κ3) is 5.67. The van der Waals surface area contributed by atoms with Crippen LogP contribution in [0.4, 0.5) is 0 Å². The van der Waals surface area contributed by atoms with Crippen LogP contribution < -0.4 is 10.6 Å². The zero-order chi connectivity index (χ0) is 18.5. The molecule has 0 bridgehead atoms. The van der Waals surface area contributed by atoms with Gasteiger partial charge in [0.05, 0.1) is 12.8 Å². The van der Waals surface area contributed by atoms with Crippen LogP contribution in [-0.2, 0) is 15.6 Å². The molecule has 9 heteroatoms. The molecule has 0 aliphatic carbocycles. The van der Waals surface area contributed by atoms with Gasteiger partial charge in [-0.2, -0.15) is 4.31 Å². The van der Waals surface area contributed by atoms with Crippen LogP contribution in [0.1, 0.15) is 31.6 Å². The van der Waals surface area contributed by atoms with Gasteiger partial charge in [0.15, 0.2) is 5.96 Å². The second-order valence-corrected chi connectivity index (χ2v) is 9.38. The highest BCUT2D eigenvalue weighted by molar-refractivity contribution is 7.88. The number of thiophene rings is 1. The van der Waals surface area contributed by atoms with E-state index in [4.69, 9.17) is 0 Å². The highest BCUT2D eigenvalue weighted by atomic mass is 32.2. The van der Waals surface area contributed by atoms with E-state index >= 15 is 0 Å². The number of nitrogens with one attached hydrogen (secondary N) is 2. The summed E-state index contributed by atoms with van der Waals surface area (Å²) < 4.78 is 25.2. The second kappa shape index (κ2) is 8.48. The average Bonchev–Trinajstić information content (AvgIpc) is 3.20. The van der Waals surface area contributed by atoms with Gasteiger partial charge in [-0.3, -0.25) is 0 Å². The van der Waals surface area contributed by atoms with Crippen molar-refractivity contribution in [2.75, 3.05) is 32.4 Å². The molecule has 0 amide bonds. The molecule has 0 aromatic carbocycles. The molecule has 1 saturated heterocycles. The largest absolute Gasteiger partial charge is 0.383 e. The van der Waals surface area contributed by atoms with Gasteiger partial charge in [-0.1, -0.05) is 6.07 Å². The standard InChI is InChI=1S/C16H28N4O3S2/c1-4-17-15(19-12-16(2,21)14-8-6-10-24-14)18-11-13-7-5-9-20(13)25(3,22)23/h6,8,10,13,21H,4-5,7,9,11-12H2,1-3H3,(H2,17,18,19)/t13-,16?/m1/s1. The molecule has 1 unspecified atom stereocenters. The summed E-state index contributed by atoms with van der Waals surface area (Å²) in [5, 5.41) is 18.9. The summed E-state index contributed by atoms with van der Waals surface area (Å²) >= 11 is 1.50. The Bertz CT molecular complexity index is 672. The maximum Gasteiger partial charge on any atom is 0.211 e. The normalized spacial score (nSPS) is 21.9. The molecule has 1 aliphatic heterocycles. The number of hydrogen-bond acceptors (Lipinski definition) is 5. The summed E-state index contributed by atoms with van der Waals surface area (Å²) in [4.78, 5) is 5.34. The molecule has 7 nitrogen and oxygen atoms in total. The molecule has 0 spiro atoms. The Balaban J connectivity index is 1.98. The Hall–Kier alpha value is -1.16. The molecule has 0 saturated carbocycles. The van der Waals surface area contributed by atoms with Gasteiger partial charge >= 0.3 is 0 Å². The first kappa shape index (κ1) is 20.2. The predicted octanol–water partition coefficient (Wildman–Crippen LogP) is 0.935. The summed E-state index contributed by atoms with van der Waals surface area (Å²) in [6.07, 6.45) is 2.97. The van der Waals surface area contributed by atoms with Gasteiger partial charge in [0, 0.05) is 30.6 Å². The molecule has 1 aliphatic rings. The molecule has 25 heavy (non-hydrogen) atoms. The van der Waals surface area contributed by atoms with Crippen molar-refractivity contribution in [2.24, 2.45) is 4.99 Å². The minimum Gasteiger partial charge on any atom is -0.383 e. The van der Waals surface area contributed by atoms with Crippen molar-refractivity contribution in [1.82, 2.24) is 14.9 Å². The molecular formula is C16H28N4O3S2. The highest BCUT2D eigenvalue weighted by Gasteiger charge is 2.31. The van der Waals surface area contributed by atoms with Crippen molar-refractivity contribution in [3.8, 4) is 0 Å². The smallest absolute Gasteiger partial charge is 0.211 e. The van der Waals surface area contributed by atoms with Gasteiger partial charge in [-0.05, 0) is 38.1 Å². The van der Waals surface area contributed by atoms with Crippen LogP contribution in [-0.4, -0.2) is 62.3 Å². The van der Waals surface area contributed by atoms with E-state index in [1.807, 2.05) is 24.4 Å². The van der Waals surface area contributed by atoms with E-state index in [2.05, 4.69) is 15.6 Å². The van der Waals surface area contributed by atoms with Crippen molar-refractivity contribution < 1.29 is 13.5 Å². The molecule has 1 aromatic heterocycles. The van der Waals surface area contributed by atoms with Crippen LogP contribution in [0.2, 0.25) is 0 Å². The number of nitrogens with zero attached hydrogens (tertiary/aromatic N) is 2. The number of guanidine groups is 1. The lowest BCUT2D eigenvalue weighted by atomic mass is 10.1. The number of hydrogen-bond donors (Lipinski definition) is 3. The summed E-state index contributed by atoms with van der Waals surface area (Å²) in [6.45, 7) is 5.70. The van der Waals surface area contributed by atoms with Crippen molar-refractivity contribution >= 4 is 27.3 Å².